The van der Waals surface area contributed by atoms with E-state index in [4.69, 9.17) is 26.8 Å². The first-order valence-corrected chi connectivity index (χ1v) is 19.3. The SMILES string of the molecule is COc1ccc([Si](C)(C)[C@@H]2[C@@H](CCO)O[C@]3(C(=O)N(Cc4ccc(NC(=O)c5ccc(N)cc5)cc4)c4ccc(Cl)cc43)[C@H]2C)cc1. The highest BCUT2D eigenvalue weighted by Crippen LogP contribution is 2.60. The minimum absolute atomic E-state index is 0.0303. The summed E-state index contributed by atoms with van der Waals surface area (Å²) in [6, 6.07) is 28.0. The molecule has 244 valence electrons. The molecule has 10 heteroatoms. The number of nitrogens with zero attached hydrogens (tertiary/aromatic N) is 1. The van der Waals surface area contributed by atoms with Gasteiger partial charge in [0, 0.05) is 40.0 Å². The predicted octanol–water partition coefficient (Wildman–Crippen LogP) is 6.33. The van der Waals surface area contributed by atoms with Crippen molar-refractivity contribution in [1.82, 2.24) is 0 Å². The minimum Gasteiger partial charge on any atom is -0.497 e. The molecule has 8 nitrogen and oxygen atoms in total. The van der Waals surface area contributed by atoms with Crippen molar-refractivity contribution in [3.8, 4) is 5.75 Å². The number of anilines is 3. The number of halogens is 1. The first-order valence-electron chi connectivity index (χ1n) is 15.8. The Hall–Kier alpha value is -4.15. The lowest BCUT2D eigenvalue weighted by molar-refractivity contribution is -0.146. The summed E-state index contributed by atoms with van der Waals surface area (Å²) in [4.78, 5) is 29.3. The van der Waals surface area contributed by atoms with E-state index in [0.717, 1.165) is 22.6 Å². The van der Waals surface area contributed by atoms with Gasteiger partial charge in [0.1, 0.15) is 5.75 Å². The number of benzene rings is 4. The molecule has 1 spiro atoms. The maximum absolute atomic E-state index is 14.8. The Morgan fingerprint density at radius 2 is 1.72 bits per heavy atom. The summed E-state index contributed by atoms with van der Waals surface area (Å²) in [7, 11) is -0.629. The number of aliphatic hydroxyl groups excluding tert-OH is 1. The van der Waals surface area contributed by atoms with Crippen LogP contribution in [-0.2, 0) is 21.7 Å². The molecule has 6 rings (SSSR count). The number of ether oxygens (including phenoxy) is 2. The molecule has 4 N–H and O–H groups in total. The van der Waals surface area contributed by atoms with Gasteiger partial charge in [-0.25, -0.2) is 0 Å². The molecule has 0 bridgehead atoms. The van der Waals surface area contributed by atoms with Crippen molar-refractivity contribution in [3.63, 3.8) is 0 Å². The molecule has 2 heterocycles. The number of carbonyl (C=O) groups excluding carboxylic acids is 2. The average Bonchev–Trinajstić information content (AvgIpc) is 3.48. The summed E-state index contributed by atoms with van der Waals surface area (Å²) < 4.78 is 12.4. The lowest BCUT2D eigenvalue weighted by Crippen LogP contribution is -2.51. The van der Waals surface area contributed by atoms with Crippen LogP contribution in [0.15, 0.2) is 91.0 Å². The van der Waals surface area contributed by atoms with Crippen molar-refractivity contribution >= 4 is 53.7 Å². The Kier molecular flexibility index (Phi) is 8.93. The second kappa shape index (κ2) is 12.8. The van der Waals surface area contributed by atoms with Gasteiger partial charge < -0.3 is 30.5 Å². The van der Waals surface area contributed by atoms with E-state index in [1.165, 1.54) is 5.19 Å². The highest BCUT2D eigenvalue weighted by Gasteiger charge is 2.66. The molecule has 47 heavy (non-hydrogen) atoms. The molecule has 2 aliphatic rings. The number of rotatable bonds is 9. The van der Waals surface area contributed by atoms with E-state index in [1.54, 1.807) is 42.3 Å². The lowest BCUT2D eigenvalue weighted by atomic mass is 9.82. The van der Waals surface area contributed by atoms with E-state index in [-0.39, 0.29) is 36.0 Å². The number of carbonyl (C=O) groups is 2. The molecule has 1 saturated heterocycles. The monoisotopic (exact) mass is 669 g/mol. The first-order chi connectivity index (χ1) is 22.5. The third-order valence-electron chi connectivity index (χ3n) is 9.94. The Morgan fingerprint density at radius 1 is 1.04 bits per heavy atom. The molecule has 0 aliphatic carbocycles. The van der Waals surface area contributed by atoms with E-state index in [9.17, 15) is 14.7 Å². The van der Waals surface area contributed by atoms with E-state index in [2.05, 4.69) is 37.5 Å². The van der Waals surface area contributed by atoms with Crippen molar-refractivity contribution in [1.29, 1.82) is 0 Å². The second-order valence-corrected chi connectivity index (χ2v) is 18.1. The van der Waals surface area contributed by atoms with Gasteiger partial charge in [0.15, 0.2) is 5.60 Å². The number of fused-ring (bicyclic) bond motifs is 2. The molecule has 0 aromatic heterocycles. The van der Waals surface area contributed by atoms with E-state index in [1.807, 2.05) is 48.5 Å². The molecule has 2 aliphatic heterocycles. The molecule has 2 amide bonds. The van der Waals surface area contributed by atoms with Crippen molar-refractivity contribution in [2.24, 2.45) is 5.92 Å². The summed E-state index contributed by atoms with van der Waals surface area (Å²) in [5.41, 5.74) is 8.69. The number of hydrogen-bond acceptors (Lipinski definition) is 6. The molecular weight excluding hydrogens is 630 g/mol. The third-order valence-corrected chi connectivity index (χ3v) is 14.5. The van der Waals surface area contributed by atoms with Crippen LogP contribution >= 0.6 is 11.6 Å². The van der Waals surface area contributed by atoms with Crippen LogP contribution in [0.1, 0.15) is 34.8 Å². The second-order valence-electron chi connectivity index (χ2n) is 13.0. The fourth-order valence-electron chi connectivity index (χ4n) is 7.55. The number of nitrogens with two attached hydrogens (primary N) is 1. The molecule has 4 aromatic rings. The fraction of sp³-hybridized carbons (Fsp3) is 0.297. The van der Waals surface area contributed by atoms with Gasteiger partial charge >= 0.3 is 0 Å². The zero-order valence-corrected chi connectivity index (χ0v) is 28.8. The zero-order chi connectivity index (χ0) is 33.5. The van der Waals surface area contributed by atoms with Gasteiger partial charge in [0.05, 0.1) is 33.5 Å². The largest absolute Gasteiger partial charge is 0.497 e. The Bertz CT molecular complexity index is 1780. The topological polar surface area (TPSA) is 114 Å². The van der Waals surface area contributed by atoms with Gasteiger partial charge in [-0.05, 0) is 84.3 Å². The van der Waals surface area contributed by atoms with Gasteiger partial charge in [-0.1, -0.05) is 61.1 Å². The molecule has 0 unspecified atom stereocenters. The maximum atomic E-state index is 14.8. The van der Waals surface area contributed by atoms with Crippen LogP contribution in [0, 0.1) is 5.92 Å². The summed E-state index contributed by atoms with van der Waals surface area (Å²) in [5.74, 6) is 0.233. The normalized spacial score (nSPS) is 22.0. The van der Waals surface area contributed by atoms with Crippen LogP contribution in [0.4, 0.5) is 17.1 Å². The van der Waals surface area contributed by atoms with Crippen LogP contribution in [-0.4, -0.2) is 44.8 Å². The van der Waals surface area contributed by atoms with Crippen molar-refractivity contribution in [2.45, 2.75) is 50.2 Å². The summed E-state index contributed by atoms with van der Waals surface area (Å²) in [6.45, 7) is 7.01. The quantitative estimate of drug-likeness (QED) is 0.142. The minimum atomic E-state index is -2.28. The Labute approximate surface area is 281 Å². The van der Waals surface area contributed by atoms with E-state index < -0.39 is 13.7 Å². The lowest BCUT2D eigenvalue weighted by Gasteiger charge is -2.37. The number of nitrogens with one attached hydrogen (secondary N) is 1. The number of methoxy groups -OCH3 is 1. The number of amides is 2. The predicted molar refractivity (Wildman–Crippen MR) is 189 cm³/mol. The van der Waals surface area contributed by atoms with Crippen molar-refractivity contribution < 1.29 is 24.2 Å². The summed E-state index contributed by atoms with van der Waals surface area (Å²) >= 11 is 6.58. The van der Waals surface area contributed by atoms with E-state index in [0.29, 0.717) is 34.9 Å². The number of hydrogen-bond donors (Lipinski definition) is 3. The van der Waals surface area contributed by atoms with Crippen LogP contribution < -0.4 is 25.9 Å². The highest BCUT2D eigenvalue weighted by atomic mass is 35.5. The van der Waals surface area contributed by atoms with Crippen LogP contribution in [0.3, 0.4) is 0 Å². The molecule has 0 radical (unpaired) electrons. The van der Waals surface area contributed by atoms with Crippen LogP contribution in [0.5, 0.6) is 5.75 Å². The Morgan fingerprint density at radius 3 is 2.36 bits per heavy atom. The molecular formula is C37H40ClN3O5Si. The van der Waals surface area contributed by atoms with Gasteiger partial charge in [-0.2, -0.15) is 0 Å². The van der Waals surface area contributed by atoms with Crippen LogP contribution in [0.25, 0.3) is 0 Å². The van der Waals surface area contributed by atoms with Crippen molar-refractivity contribution in [3.05, 3.63) is 113 Å². The number of nitrogen functional groups attached to an aromatic ring is 1. The first kappa shape index (κ1) is 32.8. The third kappa shape index (κ3) is 5.82. The van der Waals surface area contributed by atoms with Crippen molar-refractivity contribution in [2.75, 3.05) is 29.7 Å². The van der Waals surface area contributed by atoms with Gasteiger partial charge in [-0.3, -0.25) is 9.59 Å². The summed E-state index contributed by atoms with van der Waals surface area (Å²) in [5, 5.41) is 14.8. The van der Waals surface area contributed by atoms with Gasteiger partial charge in [0.2, 0.25) is 0 Å². The highest BCUT2D eigenvalue weighted by molar-refractivity contribution is 6.91. The van der Waals surface area contributed by atoms with E-state index >= 15 is 0 Å². The van der Waals surface area contributed by atoms with Gasteiger partial charge in [-0.15, -0.1) is 0 Å². The Balaban J connectivity index is 1.30. The summed E-state index contributed by atoms with van der Waals surface area (Å²) in [6.07, 6.45) is 0.106. The van der Waals surface area contributed by atoms with Gasteiger partial charge in [0.25, 0.3) is 11.8 Å². The van der Waals surface area contributed by atoms with Crippen LogP contribution in [0.2, 0.25) is 23.7 Å². The standard InChI is InChI=1S/C37H40ClN3O5Si/c1-23-34(47(3,4)30-16-14-29(45-2)15-17-30)33(19-20-42)46-37(23)31-21-26(38)9-18-32(31)41(36(37)44)22-24-5-12-28(13-6-24)40-35(43)25-7-10-27(39)11-8-25/h5-18,21,23,33-34,42H,19-20,22,39H2,1-4H3,(H,40,43)/t23-,33+,34-,37+/m0/s1. The maximum Gasteiger partial charge on any atom is 0.264 e. The average molecular weight is 670 g/mol. The smallest absolute Gasteiger partial charge is 0.264 e. The zero-order valence-electron chi connectivity index (χ0n) is 27.0. The molecule has 1 fully saturated rings. The molecule has 4 aromatic carbocycles. The number of aliphatic hydroxyl groups is 1. The molecule has 0 saturated carbocycles. The fourth-order valence-corrected chi connectivity index (χ4v) is 11.8. The molecule has 4 atom stereocenters.